The summed E-state index contributed by atoms with van der Waals surface area (Å²) in [6.07, 6.45) is 5.11. The minimum Gasteiger partial charge on any atom is -0.392 e. The summed E-state index contributed by atoms with van der Waals surface area (Å²) < 4.78 is 0. The first-order chi connectivity index (χ1) is 5.63. The molecule has 1 N–H and O–H groups in total. The second-order valence-corrected chi connectivity index (χ2v) is 3.78. The molecule has 0 aromatic rings. The van der Waals surface area contributed by atoms with Gasteiger partial charge in [0.1, 0.15) is 0 Å². The van der Waals surface area contributed by atoms with Gasteiger partial charge in [-0.2, -0.15) is 0 Å². The van der Waals surface area contributed by atoms with Crippen molar-refractivity contribution in [2.24, 2.45) is 11.8 Å². The molecule has 0 aliphatic heterocycles. The maximum absolute atomic E-state index is 9.74. The van der Waals surface area contributed by atoms with Crippen LogP contribution < -0.4 is 0 Å². The number of unbranched alkanes of at least 4 members (excludes halogenated alkanes) is 1. The molecule has 0 aromatic heterocycles. The van der Waals surface area contributed by atoms with Crippen LogP contribution in [-0.2, 0) is 0 Å². The lowest BCUT2D eigenvalue weighted by Gasteiger charge is -2.22. The van der Waals surface area contributed by atoms with Gasteiger partial charge in [0.2, 0.25) is 0 Å². The Morgan fingerprint density at radius 1 is 1.42 bits per heavy atom. The monoisotopic (exact) mass is 170 g/mol. The zero-order chi connectivity index (χ0) is 9.56. The molecule has 0 aliphatic rings. The molecule has 0 aromatic carbocycles. The zero-order valence-corrected chi connectivity index (χ0v) is 8.59. The third-order valence-electron chi connectivity index (χ3n) is 2.32. The molecule has 0 saturated carbocycles. The van der Waals surface area contributed by atoms with E-state index in [1.165, 1.54) is 12.8 Å². The first-order valence-corrected chi connectivity index (χ1v) is 4.94. The molecule has 0 spiro atoms. The van der Waals surface area contributed by atoms with Crippen LogP contribution in [0, 0.1) is 11.8 Å². The fourth-order valence-corrected chi connectivity index (χ4v) is 1.36. The van der Waals surface area contributed by atoms with Gasteiger partial charge in [-0.3, -0.25) is 0 Å². The summed E-state index contributed by atoms with van der Waals surface area (Å²) >= 11 is 0. The largest absolute Gasteiger partial charge is 0.392 e. The van der Waals surface area contributed by atoms with Crippen molar-refractivity contribution in [3.63, 3.8) is 0 Å². The van der Waals surface area contributed by atoms with Crippen LogP contribution in [0.5, 0.6) is 0 Å². The topological polar surface area (TPSA) is 20.2 Å². The molecule has 0 unspecified atom stereocenters. The highest BCUT2D eigenvalue weighted by Gasteiger charge is 2.18. The molecule has 1 nitrogen and oxygen atoms in total. The maximum Gasteiger partial charge on any atom is 0.0625 e. The lowest BCUT2D eigenvalue weighted by atomic mass is 9.89. The lowest BCUT2D eigenvalue weighted by Crippen LogP contribution is -2.24. The average molecular weight is 170 g/mol. The van der Waals surface area contributed by atoms with E-state index in [4.69, 9.17) is 0 Å². The summed E-state index contributed by atoms with van der Waals surface area (Å²) in [5.74, 6) is 0.620. The maximum atomic E-state index is 9.74. The van der Waals surface area contributed by atoms with Gasteiger partial charge in [0.25, 0.3) is 0 Å². The van der Waals surface area contributed by atoms with E-state index in [9.17, 15) is 5.11 Å². The van der Waals surface area contributed by atoms with E-state index in [-0.39, 0.29) is 12.0 Å². The molecule has 0 bridgehead atoms. The van der Waals surface area contributed by atoms with Crippen LogP contribution in [0.4, 0.5) is 0 Å². The van der Waals surface area contributed by atoms with Gasteiger partial charge in [-0.25, -0.2) is 0 Å². The zero-order valence-electron chi connectivity index (χ0n) is 8.59. The minimum absolute atomic E-state index is 0.214. The van der Waals surface area contributed by atoms with Crippen molar-refractivity contribution < 1.29 is 5.11 Å². The molecule has 1 heteroatoms. The number of aliphatic hydroxyl groups is 1. The molecule has 0 rings (SSSR count). The Balaban J connectivity index is 3.87. The molecule has 0 amide bonds. The van der Waals surface area contributed by atoms with Gasteiger partial charge in [-0.1, -0.05) is 39.7 Å². The van der Waals surface area contributed by atoms with Crippen LogP contribution in [0.1, 0.15) is 40.0 Å². The highest BCUT2D eigenvalue weighted by atomic mass is 16.3. The fourth-order valence-electron chi connectivity index (χ4n) is 1.36. The van der Waals surface area contributed by atoms with Crippen molar-refractivity contribution in [1.82, 2.24) is 0 Å². The van der Waals surface area contributed by atoms with E-state index in [0.717, 1.165) is 6.42 Å². The summed E-state index contributed by atoms with van der Waals surface area (Å²) in [6, 6.07) is 0. The SMILES string of the molecule is C=C[C@H](CCCC)[C@H](O)C(C)C. The van der Waals surface area contributed by atoms with Gasteiger partial charge in [0.15, 0.2) is 0 Å². The van der Waals surface area contributed by atoms with Gasteiger partial charge < -0.3 is 5.11 Å². The van der Waals surface area contributed by atoms with Gasteiger partial charge in [0.05, 0.1) is 6.10 Å². The van der Waals surface area contributed by atoms with E-state index in [1.54, 1.807) is 0 Å². The summed E-state index contributed by atoms with van der Waals surface area (Å²) in [6.45, 7) is 10.0. The Kier molecular flexibility index (Phi) is 6.09. The second-order valence-electron chi connectivity index (χ2n) is 3.78. The van der Waals surface area contributed by atoms with Gasteiger partial charge >= 0.3 is 0 Å². The van der Waals surface area contributed by atoms with Gasteiger partial charge in [0, 0.05) is 5.92 Å². The summed E-state index contributed by atoms with van der Waals surface area (Å²) in [4.78, 5) is 0. The Morgan fingerprint density at radius 2 is 2.00 bits per heavy atom. The fraction of sp³-hybridized carbons (Fsp3) is 0.818. The number of aliphatic hydroxyl groups excluding tert-OH is 1. The van der Waals surface area contributed by atoms with Crippen LogP contribution in [0.15, 0.2) is 12.7 Å². The van der Waals surface area contributed by atoms with Crippen LogP contribution in [0.2, 0.25) is 0 Å². The van der Waals surface area contributed by atoms with Gasteiger partial charge in [-0.15, -0.1) is 6.58 Å². The molecule has 72 valence electrons. The van der Waals surface area contributed by atoms with Crippen molar-refractivity contribution in [2.75, 3.05) is 0 Å². The van der Waals surface area contributed by atoms with E-state index >= 15 is 0 Å². The molecule has 0 saturated heterocycles. The summed E-state index contributed by atoms with van der Waals surface area (Å²) in [5, 5.41) is 9.74. The summed E-state index contributed by atoms with van der Waals surface area (Å²) in [5.41, 5.74) is 0. The smallest absolute Gasteiger partial charge is 0.0625 e. The summed E-state index contributed by atoms with van der Waals surface area (Å²) in [7, 11) is 0. The van der Waals surface area contributed by atoms with E-state index in [2.05, 4.69) is 13.5 Å². The third-order valence-corrected chi connectivity index (χ3v) is 2.32. The molecule has 2 atom stereocenters. The normalized spacial score (nSPS) is 16.1. The van der Waals surface area contributed by atoms with Crippen molar-refractivity contribution in [3.8, 4) is 0 Å². The first-order valence-electron chi connectivity index (χ1n) is 4.94. The lowest BCUT2D eigenvalue weighted by molar-refractivity contribution is 0.0797. The van der Waals surface area contributed by atoms with Crippen molar-refractivity contribution in [1.29, 1.82) is 0 Å². The Morgan fingerprint density at radius 3 is 2.33 bits per heavy atom. The molecule has 0 heterocycles. The van der Waals surface area contributed by atoms with Crippen LogP contribution >= 0.6 is 0 Å². The minimum atomic E-state index is -0.214. The quantitative estimate of drug-likeness (QED) is 0.608. The molecule has 0 radical (unpaired) electrons. The van der Waals surface area contributed by atoms with E-state index in [0.29, 0.717) is 5.92 Å². The van der Waals surface area contributed by atoms with Crippen LogP contribution in [-0.4, -0.2) is 11.2 Å². The average Bonchev–Trinajstić information content (AvgIpc) is 2.05. The molecular formula is C11H22O. The Labute approximate surface area is 76.5 Å². The predicted molar refractivity (Wildman–Crippen MR) is 54.1 cm³/mol. The third kappa shape index (κ3) is 3.91. The number of rotatable bonds is 6. The number of hydrogen-bond donors (Lipinski definition) is 1. The molecule has 0 aliphatic carbocycles. The standard InChI is InChI=1S/C11H22O/c1-5-7-8-10(6-2)11(12)9(3)4/h6,9-12H,2,5,7-8H2,1,3-4H3/t10-,11-/m1/s1. The van der Waals surface area contributed by atoms with Crippen molar-refractivity contribution in [2.45, 2.75) is 46.1 Å². The predicted octanol–water partition coefficient (Wildman–Crippen LogP) is 3.00. The Bertz CT molecular complexity index is 118. The van der Waals surface area contributed by atoms with E-state index < -0.39 is 0 Å². The first kappa shape index (κ1) is 11.7. The number of hydrogen-bond acceptors (Lipinski definition) is 1. The van der Waals surface area contributed by atoms with Crippen LogP contribution in [0.3, 0.4) is 0 Å². The van der Waals surface area contributed by atoms with Crippen molar-refractivity contribution >= 4 is 0 Å². The van der Waals surface area contributed by atoms with Gasteiger partial charge in [-0.05, 0) is 12.3 Å². The van der Waals surface area contributed by atoms with E-state index in [1.807, 2.05) is 19.9 Å². The second kappa shape index (κ2) is 6.24. The van der Waals surface area contributed by atoms with Crippen molar-refractivity contribution in [3.05, 3.63) is 12.7 Å². The van der Waals surface area contributed by atoms with Crippen LogP contribution in [0.25, 0.3) is 0 Å². The Hall–Kier alpha value is -0.300. The molecule has 0 fully saturated rings. The highest BCUT2D eigenvalue weighted by molar-refractivity contribution is 4.85. The highest BCUT2D eigenvalue weighted by Crippen LogP contribution is 2.19. The molecule has 12 heavy (non-hydrogen) atoms. The molecular weight excluding hydrogens is 148 g/mol.